The van der Waals surface area contributed by atoms with Crippen molar-refractivity contribution in [1.82, 2.24) is 14.9 Å². The molecule has 0 aliphatic carbocycles. The second-order valence-electron chi connectivity index (χ2n) is 5.59. The fourth-order valence-corrected chi connectivity index (χ4v) is 3.08. The number of thiazole rings is 1. The minimum atomic E-state index is -0.331. The van der Waals surface area contributed by atoms with Gasteiger partial charge in [-0.15, -0.1) is 11.3 Å². The van der Waals surface area contributed by atoms with Crippen LogP contribution in [0.1, 0.15) is 5.69 Å². The second-order valence-corrected chi connectivity index (χ2v) is 6.44. The average molecular weight is 356 g/mol. The van der Waals surface area contributed by atoms with Crippen LogP contribution in [0.25, 0.3) is 10.7 Å². The molecular weight excluding hydrogens is 339 g/mol. The lowest BCUT2D eigenvalue weighted by molar-refractivity contribution is -0.117. The molecule has 0 spiro atoms. The molecule has 0 unspecified atom stereocenters. The number of carbonyl (C=O) groups is 1. The number of anilines is 1. The maximum atomic E-state index is 12.9. The maximum absolute atomic E-state index is 12.9. The number of carbonyl (C=O) groups excluding carboxylic acids is 1. The van der Waals surface area contributed by atoms with Crippen LogP contribution in [0, 0.1) is 5.82 Å². The number of hydrogen-bond acceptors (Lipinski definition) is 5. The Morgan fingerprint density at radius 1 is 1.24 bits per heavy atom. The van der Waals surface area contributed by atoms with Gasteiger partial charge in [0.05, 0.1) is 17.9 Å². The molecule has 5 nitrogen and oxygen atoms in total. The van der Waals surface area contributed by atoms with Gasteiger partial charge in [-0.25, -0.2) is 9.37 Å². The van der Waals surface area contributed by atoms with E-state index in [1.165, 1.54) is 35.6 Å². The predicted molar refractivity (Wildman–Crippen MR) is 96.7 cm³/mol. The predicted octanol–water partition coefficient (Wildman–Crippen LogP) is 3.41. The number of amides is 1. The average Bonchev–Trinajstić information content (AvgIpc) is 3.06. The zero-order chi connectivity index (χ0) is 17.6. The summed E-state index contributed by atoms with van der Waals surface area (Å²) < 4.78 is 12.9. The van der Waals surface area contributed by atoms with E-state index in [1.54, 1.807) is 6.20 Å². The van der Waals surface area contributed by atoms with Crippen LogP contribution in [0.4, 0.5) is 10.1 Å². The molecule has 0 fully saturated rings. The van der Waals surface area contributed by atoms with Crippen molar-refractivity contribution in [3.63, 3.8) is 0 Å². The Morgan fingerprint density at radius 3 is 2.76 bits per heavy atom. The van der Waals surface area contributed by atoms with Gasteiger partial charge in [-0.1, -0.05) is 6.07 Å². The molecule has 25 heavy (non-hydrogen) atoms. The standard InChI is InChI=1S/C18H17FN4OS/c1-23(11-17(24)21-14-7-5-13(19)6-8-14)10-15-12-25-18(22-15)16-4-2-3-9-20-16/h2-9,12H,10-11H2,1H3,(H,21,24). The largest absolute Gasteiger partial charge is 0.325 e. The van der Waals surface area contributed by atoms with Crippen LogP contribution in [0.2, 0.25) is 0 Å². The van der Waals surface area contributed by atoms with E-state index in [2.05, 4.69) is 15.3 Å². The quantitative estimate of drug-likeness (QED) is 0.735. The van der Waals surface area contributed by atoms with E-state index >= 15 is 0 Å². The molecular formula is C18H17FN4OS. The van der Waals surface area contributed by atoms with E-state index in [0.717, 1.165) is 16.4 Å². The van der Waals surface area contributed by atoms with Crippen molar-refractivity contribution in [2.75, 3.05) is 18.9 Å². The fraction of sp³-hybridized carbons (Fsp3) is 0.167. The minimum absolute atomic E-state index is 0.158. The first kappa shape index (κ1) is 17.2. The summed E-state index contributed by atoms with van der Waals surface area (Å²) in [5, 5.41) is 5.57. The number of pyridine rings is 1. The van der Waals surface area contributed by atoms with Crippen LogP contribution in [0.5, 0.6) is 0 Å². The van der Waals surface area contributed by atoms with E-state index in [1.807, 2.05) is 35.5 Å². The van der Waals surface area contributed by atoms with Gasteiger partial charge in [-0.05, 0) is 43.4 Å². The van der Waals surface area contributed by atoms with Gasteiger partial charge < -0.3 is 5.32 Å². The molecule has 2 aromatic heterocycles. The molecule has 2 heterocycles. The Labute approximate surface area is 149 Å². The van der Waals surface area contributed by atoms with Gasteiger partial charge in [0.2, 0.25) is 5.91 Å². The molecule has 1 N–H and O–H groups in total. The fourth-order valence-electron chi connectivity index (χ4n) is 2.30. The van der Waals surface area contributed by atoms with Gasteiger partial charge in [0.15, 0.2) is 0 Å². The first-order valence-corrected chi connectivity index (χ1v) is 8.58. The van der Waals surface area contributed by atoms with E-state index in [4.69, 9.17) is 0 Å². The van der Waals surface area contributed by atoms with Crippen LogP contribution in [0.3, 0.4) is 0 Å². The number of benzene rings is 1. The van der Waals surface area contributed by atoms with Gasteiger partial charge in [0.25, 0.3) is 0 Å². The Balaban J connectivity index is 1.54. The first-order chi connectivity index (χ1) is 12.1. The number of aromatic nitrogens is 2. The normalized spacial score (nSPS) is 10.8. The van der Waals surface area contributed by atoms with Crippen LogP contribution in [-0.2, 0) is 11.3 Å². The molecule has 7 heteroatoms. The Bertz CT molecular complexity index is 836. The first-order valence-electron chi connectivity index (χ1n) is 7.70. The Hall–Kier alpha value is -2.64. The van der Waals surface area contributed by atoms with Gasteiger partial charge in [0.1, 0.15) is 10.8 Å². The molecule has 128 valence electrons. The summed E-state index contributed by atoms with van der Waals surface area (Å²) in [6.07, 6.45) is 1.74. The van der Waals surface area contributed by atoms with Crippen molar-refractivity contribution in [3.8, 4) is 10.7 Å². The van der Waals surface area contributed by atoms with Crippen molar-refractivity contribution in [2.24, 2.45) is 0 Å². The van der Waals surface area contributed by atoms with Crippen molar-refractivity contribution >= 4 is 22.9 Å². The van der Waals surface area contributed by atoms with Gasteiger partial charge in [0, 0.05) is 23.8 Å². The van der Waals surface area contributed by atoms with Crippen LogP contribution in [-0.4, -0.2) is 34.4 Å². The van der Waals surface area contributed by atoms with Crippen molar-refractivity contribution in [3.05, 3.63) is 65.6 Å². The topological polar surface area (TPSA) is 58.1 Å². The third-order valence-electron chi connectivity index (χ3n) is 3.41. The Morgan fingerprint density at radius 2 is 2.04 bits per heavy atom. The highest BCUT2D eigenvalue weighted by Gasteiger charge is 2.11. The number of likely N-dealkylation sites (N-methyl/N-ethyl adjacent to an activating group) is 1. The monoisotopic (exact) mass is 356 g/mol. The summed E-state index contributed by atoms with van der Waals surface area (Å²) in [5.74, 6) is -0.489. The number of nitrogens with zero attached hydrogens (tertiary/aromatic N) is 3. The van der Waals surface area contributed by atoms with Gasteiger partial charge in [-0.2, -0.15) is 0 Å². The molecule has 3 aromatic rings. The summed E-state index contributed by atoms with van der Waals surface area (Å²) in [6, 6.07) is 11.4. The molecule has 0 atom stereocenters. The molecule has 0 aliphatic rings. The summed E-state index contributed by atoms with van der Waals surface area (Å²) in [7, 11) is 1.85. The number of hydrogen-bond donors (Lipinski definition) is 1. The summed E-state index contributed by atoms with van der Waals surface area (Å²) in [5.41, 5.74) is 2.31. The molecule has 0 saturated heterocycles. The molecule has 3 rings (SSSR count). The van der Waals surface area contributed by atoms with Crippen LogP contribution >= 0.6 is 11.3 Å². The maximum Gasteiger partial charge on any atom is 0.238 e. The highest BCUT2D eigenvalue weighted by atomic mass is 32.1. The molecule has 0 saturated carbocycles. The van der Waals surface area contributed by atoms with Gasteiger partial charge >= 0.3 is 0 Å². The lowest BCUT2D eigenvalue weighted by Crippen LogP contribution is -2.29. The van der Waals surface area contributed by atoms with Gasteiger partial charge in [-0.3, -0.25) is 14.7 Å². The van der Waals surface area contributed by atoms with Crippen molar-refractivity contribution < 1.29 is 9.18 Å². The van der Waals surface area contributed by atoms with E-state index < -0.39 is 0 Å². The third-order valence-corrected chi connectivity index (χ3v) is 4.32. The van der Waals surface area contributed by atoms with E-state index in [0.29, 0.717) is 12.2 Å². The van der Waals surface area contributed by atoms with Crippen LogP contribution in [0.15, 0.2) is 54.0 Å². The van der Waals surface area contributed by atoms with Crippen LogP contribution < -0.4 is 5.32 Å². The minimum Gasteiger partial charge on any atom is -0.325 e. The highest BCUT2D eigenvalue weighted by Crippen LogP contribution is 2.21. The Kier molecular flexibility index (Phi) is 5.47. The molecule has 0 aliphatic heterocycles. The molecule has 0 radical (unpaired) electrons. The SMILES string of the molecule is CN(CC(=O)Nc1ccc(F)cc1)Cc1csc(-c2ccccn2)n1. The number of halogens is 1. The zero-order valence-corrected chi connectivity index (χ0v) is 14.5. The molecule has 1 amide bonds. The summed E-state index contributed by atoms with van der Waals surface area (Å²) in [6.45, 7) is 0.772. The smallest absolute Gasteiger partial charge is 0.238 e. The summed E-state index contributed by atoms with van der Waals surface area (Å²) >= 11 is 1.53. The number of rotatable bonds is 6. The highest BCUT2D eigenvalue weighted by molar-refractivity contribution is 7.13. The van der Waals surface area contributed by atoms with E-state index in [-0.39, 0.29) is 18.3 Å². The number of nitrogens with one attached hydrogen (secondary N) is 1. The second kappa shape index (κ2) is 7.96. The zero-order valence-electron chi connectivity index (χ0n) is 13.6. The van der Waals surface area contributed by atoms with Crippen molar-refractivity contribution in [2.45, 2.75) is 6.54 Å². The lowest BCUT2D eigenvalue weighted by atomic mass is 10.3. The molecule has 1 aromatic carbocycles. The third kappa shape index (κ3) is 4.91. The van der Waals surface area contributed by atoms with E-state index in [9.17, 15) is 9.18 Å². The summed E-state index contributed by atoms with van der Waals surface area (Å²) in [4.78, 5) is 22.8. The lowest BCUT2D eigenvalue weighted by Gasteiger charge is -2.15. The van der Waals surface area contributed by atoms with Crippen molar-refractivity contribution in [1.29, 1.82) is 0 Å². The molecule has 0 bridgehead atoms.